The summed E-state index contributed by atoms with van der Waals surface area (Å²) in [5.74, 6) is 17.4. The molecule has 6 unspecified atom stereocenters. The van der Waals surface area contributed by atoms with Crippen LogP contribution in [0.4, 0.5) is 0 Å². The second kappa shape index (κ2) is 24.4. The first-order valence-corrected chi connectivity index (χ1v) is 37.2. The molecule has 0 radical (unpaired) electrons. The van der Waals surface area contributed by atoms with Gasteiger partial charge in [-0.3, -0.25) is 19.2 Å². The maximum absolute atomic E-state index is 12.4. The highest BCUT2D eigenvalue weighted by Gasteiger charge is 2.67. The topological polar surface area (TPSA) is 215 Å². The first kappa shape index (κ1) is 66.3. The number of carbonyl (C=O) groups excluding carboxylic acids is 4. The lowest BCUT2D eigenvalue weighted by Crippen LogP contribution is -2.55. The smallest absolute Gasteiger partial charge is 0.306 e. The molecule has 0 aromatic heterocycles. The normalized spacial score (nSPS) is 53.6. The summed E-state index contributed by atoms with van der Waals surface area (Å²) in [4.78, 5) is 48.3. The summed E-state index contributed by atoms with van der Waals surface area (Å²) in [6.45, 7) is 13.3. The van der Waals surface area contributed by atoms with Gasteiger partial charge >= 0.3 is 11.9 Å². The molecule has 12 heteroatoms. The predicted octanol–water partition coefficient (Wildman–Crippen LogP) is 13.6. The minimum Gasteiger partial charge on any atom is -0.462 e. The molecule has 92 heavy (non-hydrogen) atoms. The molecule has 0 amide bonds. The van der Waals surface area contributed by atoms with E-state index in [2.05, 4.69) is 77.7 Å². The lowest BCUT2D eigenvalue weighted by molar-refractivity contribution is -0.165. The van der Waals surface area contributed by atoms with Crippen molar-refractivity contribution >= 4 is 23.5 Å². The van der Waals surface area contributed by atoms with Crippen LogP contribution < -0.4 is 0 Å². The number of rotatable bonds is 0. The van der Waals surface area contributed by atoms with E-state index in [1.165, 1.54) is 25.7 Å². The molecular weight excluding hydrogens is 1150 g/mol. The maximum atomic E-state index is 12.4. The zero-order valence-corrected chi connectivity index (χ0v) is 56.5. The molecule has 16 rings (SSSR count). The summed E-state index contributed by atoms with van der Waals surface area (Å²) in [5, 5.41) is 61.8. The summed E-state index contributed by atoms with van der Waals surface area (Å²) in [5.41, 5.74) is -4.83. The number of aliphatic hydroxyl groups is 4. The van der Waals surface area contributed by atoms with Crippen molar-refractivity contribution < 1.29 is 49.1 Å². The fourth-order valence-electron chi connectivity index (χ4n) is 26.5. The Hall–Kier alpha value is -4.30. The monoisotopic (exact) mass is 1260 g/mol. The molecule has 14 fully saturated rings. The summed E-state index contributed by atoms with van der Waals surface area (Å²) in [7, 11) is 0. The predicted molar refractivity (Wildman–Crippen MR) is 349 cm³/mol. The van der Waals surface area contributed by atoms with Crippen molar-refractivity contribution in [2.75, 3.05) is 0 Å². The average Bonchev–Trinajstić information content (AvgIpc) is 1.50. The highest BCUT2D eigenvalue weighted by Crippen LogP contribution is 2.68. The first-order chi connectivity index (χ1) is 43.7. The molecule has 4 N–H and O–H groups in total. The van der Waals surface area contributed by atoms with Crippen LogP contribution >= 0.6 is 0 Å². The van der Waals surface area contributed by atoms with Gasteiger partial charge in [-0.05, 0) is 310 Å². The number of fused-ring (bicyclic) bond motifs is 20. The van der Waals surface area contributed by atoms with E-state index in [1.54, 1.807) is 0 Å². The van der Waals surface area contributed by atoms with Gasteiger partial charge in [-0.15, -0.1) is 12.8 Å². The third-order valence-corrected chi connectivity index (χ3v) is 31.5. The Labute approximate surface area is 550 Å². The number of allylic oxidation sites excluding steroid dienone is 4. The molecule has 500 valence electrons. The van der Waals surface area contributed by atoms with Crippen LogP contribution in [0.15, 0.2) is 24.3 Å². The lowest BCUT2D eigenvalue weighted by Gasteiger charge is -2.57. The standard InChI is InChI=1S/C21H28O2.C20H29NO3.C20H26O2.C19H27NO3/c1-4-21(23)10-8-15-14(12-21)11-13(2)19-16(15)7-9-20(3)17(19)5-6-18(20)22;1-12-10-16-13(4-3-5-17(22)24-16)14-6-8-19(2)15(18(12)14)7-9-20(19,23)11-21;1-3-20(22)11-9-14-13(12-20)4-5-16-15(14)8-10-19(2)17(16)6-7-18(19)21;1-18-9-7-12-13(15(18)8-10-19(18,22)11-20)5-6-16-14(12)3-2-4-17(21)23-16/h1,5-6,13-17,19,23H,7-12H2,2-3H3;12-16,18,23H,3-10H2,1-2H3;1,6-7,13-17,22H,4-5,8-12H2,2H3;12-16,22H,2-10H2,1H3/t13-,14-,15+,16?,17?,19-,20+,21+;12-,13-,14-,15+,16?,18-,19+,20-;13-,14+,15?,16-,17?,19+,20+;12-,13+,14+,15-,16?,18-,19+/m1110/s1. The van der Waals surface area contributed by atoms with Crippen LogP contribution in [0.2, 0.25) is 0 Å². The number of nitriles is 2. The van der Waals surface area contributed by atoms with Crippen LogP contribution in [0.1, 0.15) is 234 Å². The molecule has 0 aromatic carbocycles. The Kier molecular flexibility index (Phi) is 17.6. The van der Waals surface area contributed by atoms with E-state index in [0.29, 0.717) is 150 Å². The van der Waals surface area contributed by atoms with Crippen molar-refractivity contribution in [2.45, 2.75) is 269 Å². The van der Waals surface area contributed by atoms with Crippen LogP contribution in [-0.2, 0) is 28.7 Å². The van der Waals surface area contributed by atoms with Gasteiger partial charge in [-0.2, -0.15) is 10.5 Å². The number of ether oxygens (including phenoxy) is 2. The summed E-state index contributed by atoms with van der Waals surface area (Å²) in [6.07, 6.45) is 48.0. The molecule has 2 saturated heterocycles. The fourth-order valence-corrected chi connectivity index (χ4v) is 26.5. The molecule has 16 aliphatic rings. The van der Waals surface area contributed by atoms with E-state index in [1.807, 2.05) is 12.2 Å². The SMILES string of the molecule is C#C[C@]1(O)CC[C@@H]2C3CC[C@]4(C)C(=O)C=CC4[C@@H]3CC[C@@H]2C1.C#C[C@]1(O)CC[C@@H]2C3CC[C@]4(C)C(=O)C=CC4[C@@H]3[C@H](C)C[C@@H]2C1.C[C@@H]1CC2OC(=O)CCC[C@@H]2[C@H]2CC[C@@]3(C)[C@@H](CC[C@@]3(O)C#N)[C@@H]21.C[C@]12CC[C@H]3[C@@H](CCC4OC(=O)CCC[C@@H]43)[C@@H]1CC[C@@]2(O)C#N. The van der Waals surface area contributed by atoms with E-state index in [4.69, 9.17) is 22.3 Å². The number of hydrogen-bond donors (Lipinski definition) is 4. The Balaban J connectivity index is 0.000000112. The Morgan fingerprint density at radius 3 is 1.54 bits per heavy atom. The van der Waals surface area contributed by atoms with Gasteiger partial charge in [0.15, 0.2) is 22.8 Å². The van der Waals surface area contributed by atoms with Crippen molar-refractivity contribution in [3.05, 3.63) is 24.3 Å². The number of hydrogen-bond acceptors (Lipinski definition) is 12. The van der Waals surface area contributed by atoms with Gasteiger partial charge in [0.1, 0.15) is 23.4 Å². The lowest BCUT2D eigenvalue weighted by atomic mass is 9.47. The zero-order chi connectivity index (χ0) is 65.3. The molecule has 12 nitrogen and oxygen atoms in total. The molecule has 0 spiro atoms. The Morgan fingerprint density at radius 2 is 0.924 bits per heavy atom. The molecule has 30 atom stereocenters. The number of esters is 2. The molecule has 0 bridgehead atoms. The summed E-state index contributed by atoms with van der Waals surface area (Å²) < 4.78 is 11.5. The van der Waals surface area contributed by atoms with Gasteiger partial charge in [-0.25, -0.2) is 0 Å². The van der Waals surface area contributed by atoms with Gasteiger partial charge in [0.05, 0.1) is 12.1 Å². The van der Waals surface area contributed by atoms with Crippen molar-refractivity contribution in [1.29, 1.82) is 10.5 Å². The van der Waals surface area contributed by atoms with Crippen LogP contribution in [0.3, 0.4) is 0 Å². The Bertz CT molecular complexity index is 3130. The molecule has 2 heterocycles. The van der Waals surface area contributed by atoms with Crippen molar-refractivity contribution in [1.82, 2.24) is 0 Å². The maximum Gasteiger partial charge on any atom is 0.306 e. The highest BCUT2D eigenvalue weighted by atomic mass is 16.5. The second-order valence-electron chi connectivity index (χ2n) is 35.1. The van der Waals surface area contributed by atoms with Crippen LogP contribution in [0, 0.1) is 187 Å². The first-order valence-electron chi connectivity index (χ1n) is 37.2. The van der Waals surface area contributed by atoms with E-state index >= 15 is 0 Å². The molecule has 14 aliphatic carbocycles. The quantitative estimate of drug-likeness (QED) is 0.101. The fraction of sp³-hybridized carbons (Fsp3) is 0.825. The Morgan fingerprint density at radius 1 is 0.457 bits per heavy atom. The minimum atomic E-state index is -1.16. The number of carbonyl (C=O) groups is 4. The van der Waals surface area contributed by atoms with Crippen LogP contribution in [0.5, 0.6) is 0 Å². The number of terminal acetylenes is 2. The van der Waals surface area contributed by atoms with E-state index < -0.39 is 22.4 Å². The van der Waals surface area contributed by atoms with Gasteiger partial charge in [0, 0.05) is 34.5 Å². The van der Waals surface area contributed by atoms with Crippen molar-refractivity contribution in [3.63, 3.8) is 0 Å². The summed E-state index contributed by atoms with van der Waals surface area (Å²) >= 11 is 0. The zero-order valence-electron chi connectivity index (χ0n) is 56.5. The van der Waals surface area contributed by atoms with Crippen molar-refractivity contribution in [2.24, 2.45) is 140 Å². The number of ketones is 2. The molecule has 2 aliphatic heterocycles. The summed E-state index contributed by atoms with van der Waals surface area (Å²) in [6, 6.07) is 4.48. The van der Waals surface area contributed by atoms with Crippen LogP contribution in [-0.4, -0.2) is 78.5 Å². The second-order valence-corrected chi connectivity index (χ2v) is 35.1. The van der Waals surface area contributed by atoms with E-state index in [-0.39, 0.29) is 45.8 Å². The van der Waals surface area contributed by atoms with E-state index in [0.717, 1.165) is 147 Å². The van der Waals surface area contributed by atoms with Gasteiger partial charge in [-0.1, -0.05) is 65.5 Å². The van der Waals surface area contributed by atoms with Crippen LogP contribution in [0.25, 0.3) is 0 Å². The molecule has 0 aromatic rings. The van der Waals surface area contributed by atoms with Gasteiger partial charge < -0.3 is 29.9 Å². The average molecular weight is 1260 g/mol. The largest absolute Gasteiger partial charge is 0.462 e. The van der Waals surface area contributed by atoms with E-state index in [9.17, 15) is 50.1 Å². The van der Waals surface area contributed by atoms with Crippen molar-refractivity contribution in [3.8, 4) is 36.8 Å². The third-order valence-electron chi connectivity index (χ3n) is 31.5. The highest BCUT2D eigenvalue weighted by molar-refractivity contribution is 5.98. The van der Waals surface area contributed by atoms with Gasteiger partial charge in [0.2, 0.25) is 0 Å². The third kappa shape index (κ3) is 10.7. The molecule has 12 saturated carbocycles. The minimum absolute atomic E-state index is 0.0173. The number of nitrogens with zero attached hydrogens (tertiary/aromatic N) is 2. The molecular formula is C80H110N2O10. The van der Waals surface area contributed by atoms with Gasteiger partial charge in [0.25, 0.3) is 0 Å².